The molecule has 74 valence electrons. The van der Waals surface area contributed by atoms with E-state index in [9.17, 15) is 8.78 Å². The molecule has 0 rings (SSSR count). The molecule has 2 atom stereocenters. The van der Waals surface area contributed by atoms with Crippen molar-refractivity contribution in [3.63, 3.8) is 0 Å². The second kappa shape index (κ2) is 6.66. The minimum atomic E-state index is -2.26. The Kier molecular flexibility index (Phi) is 6.76. The Morgan fingerprint density at radius 2 is 1.92 bits per heavy atom. The summed E-state index contributed by atoms with van der Waals surface area (Å²) in [6.07, 6.45) is 0.698. The van der Waals surface area contributed by atoms with E-state index >= 15 is 0 Å². The van der Waals surface area contributed by atoms with Crippen LogP contribution in [-0.2, 0) is 0 Å². The van der Waals surface area contributed by atoms with Gasteiger partial charge in [-0.05, 0) is 32.3 Å². The van der Waals surface area contributed by atoms with Gasteiger partial charge in [-0.1, -0.05) is 0 Å². The maximum absolute atomic E-state index is 12.0. The number of nitrogens with one attached hydrogen (secondary N) is 1. The van der Waals surface area contributed by atoms with E-state index in [4.69, 9.17) is 0 Å². The van der Waals surface area contributed by atoms with Gasteiger partial charge in [0.1, 0.15) is 0 Å². The van der Waals surface area contributed by atoms with Crippen molar-refractivity contribution >= 4 is 11.8 Å². The van der Waals surface area contributed by atoms with Crippen LogP contribution in [0.3, 0.4) is 0 Å². The molecule has 0 aromatic carbocycles. The van der Waals surface area contributed by atoms with E-state index in [2.05, 4.69) is 5.32 Å². The van der Waals surface area contributed by atoms with Gasteiger partial charge in [-0.3, -0.25) is 0 Å². The first kappa shape index (κ1) is 12.2. The fourth-order valence-electron chi connectivity index (χ4n) is 0.899. The van der Waals surface area contributed by atoms with Crippen LogP contribution in [-0.4, -0.2) is 30.5 Å². The Morgan fingerprint density at radius 1 is 1.33 bits per heavy atom. The van der Waals surface area contributed by atoms with E-state index in [1.165, 1.54) is 6.92 Å². The zero-order valence-corrected chi connectivity index (χ0v) is 8.63. The largest absolute Gasteiger partial charge is 0.307 e. The molecule has 0 heterocycles. The van der Waals surface area contributed by atoms with E-state index in [1.807, 2.05) is 13.2 Å². The van der Waals surface area contributed by atoms with Crippen molar-refractivity contribution in [3.8, 4) is 0 Å². The predicted octanol–water partition coefficient (Wildman–Crippen LogP) is 2.37. The Bertz CT molecular complexity index is 111. The van der Waals surface area contributed by atoms with Crippen LogP contribution in [0.2, 0.25) is 0 Å². The summed E-state index contributed by atoms with van der Waals surface area (Å²) in [5.41, 5.74) is 0. The zero-order valence-electron chi connectivity index (χ0n) is 7.81. The van der Waals surface area contributed by atoms with Crippen LogP contribution >= 0.6 is 11.8 Å². The molecule has 0 bridgehead atoms. The van der Waals surface area contributed by atoms with E-state index in [0.29, 0.717) is 0 Å². The standard InChI is InChI=1S/C8H17F2NS/c1-6(4-5-12-3)11-7(2)8(9)10/h6-8,11H,4-5H2,1-3H3. The number of hydrogen-bond acceptors (Lipinski definition) is 2. The molecule has 0 aromatic heterocycles. The second-order valence-corrected chi connectivity index (χ2v) is 3.96. The molecule has 12 heavy (non-hydrogen) atoms. The SMILES string of the molecule is CSCCC(C)NC(C)C(F)F. The highest BCUT2D eigenvalue weighted by molar-refractivity contribution is 7.98. The quantitative estimate of drug-likeness (QED) is 0.701. The molecular formula is C8H17F2NS. The minimum absolute atomic E-state index is 0.182. The van der Waals surface area contributed by atoms with Crippen LogP contribution < -0.4 is 5.32 Å². The monoisotopic (exact) mass is 197 g/mol. The second-order valence-electron chi connectivity index (χ2n) is 2.97. The Morgan fingerprint density at radius 3 is 2.33 bits per heavy atom. The lowest BCUT2D eigenvalue weighted by Crippen LogP contribution is -2.39. The van der Waals surface area contributed by atoms with Crippen molar-refractivity contribution in [3.05, 3.63) is 0 Å². The molecule has 0 saturated carbocycles. The number of rotatable bonds is 6. The van der Waals surface area contributed by atoms with Gasteiger partial charge in [-0.15, -0.1) is 0 Å². The topological polar surface area (TPSA) is 12.0 Å². The van der Waals surface area contributed by atoms with Crippen molar-refractivity contribution < 1.29 is 8.78 Å². The summed E-state index contributed by atoms with van der Waals surface area (Å²) in [6, 6.07) is -0.511. The van der Waals surface area contributed by atoms with E-state index in [-0.39, 0.29) is 6.04 Å². The Hall–Kier alpha value is 0.170. The summed E-state index contributed by atoms with van der Waals surface area (Å²) in [7, 11) is 0. The van der Waals surface area contributed by atoms with Crippen LogP contribution in [0.15, 0.2) is 0 Å². The first-order valence-corrected chi connectivity index (χ1v) is 5.50. The molecule has 0 aromatic rings. The molecule has 0 aliphatic heterocycles. The van der Waals surface area contributed by atoms with Gasteiger partial charge in [-0.2, -0.15) is 11.8 Å². The van der Waals surface area contributed by atoms with Crippen molar-refractivity contribution in [2.45, 2.75) is 38.8 Å². The molecule has 0 amide bonds. The average Bonchev–Trinajstić information content (AvgIpc) is 2.00. The lowest BCUT2D eigenvalue weighted by Gasteiger charge is -2.18. The minimum Gasteiger partial charge on any atom is -0.307 e. The molecular weight excluding hydrogens is 180 g/mol. The number of halogens is 2. The molecule has 4 heteroatoms. The number of alkyl halides is 2. The highest BCUT2D eigenvalue weighted by Crippen LogP contribution is 2.04. The third-order valence-corrected chi connectivity index (χ3v) is 2.32. The van der Waals surface area contributed by atoms with Gasteiger partial charge >= 0.3 is 0 Å². The van der Waals surface area contributed by atoms with Crippen LogP contribution in [0.5, 0.6) is 0 Å². The van der Waals surface area contributed by atoms with Crippen molar-refractivity contribution in [2.24, 2.45) is 0 Å². The van der Waals surface area contributed by atoms with Gasteiger partial charge < -0.3 is 5.32 Å². The van der Waals surface area contributed by atoms with Crippen molar-refractivity contribution in [2.75, 3.05) is 12.0 Å². The van der Waals surface area contributed by atoms with Gasteiger partial charge in [0.2, 0.25) is 0 Å². The predicted molar refractivity (Wildman–Crippen MR) is 51.1 cm³/mol. The fourth-order valence-corrected chi connectivity index (χ4v) is 1.49. The van der Waals surface area contributed by atoms with Crippen LogP contribution in [0, 0.1) is 0 Å². The summed E-state index contributed by atoms with van der Waals surface area (Å²) in [5, 5.41) is 2.85. The number of thioether (sulfide) groups is 1. The molecule has 0 saturated heterocycles. The maximum Gasteiger partial charge on any atom is 0.253 e. The molecule has 2 unspecified atom stereocenters. The highest BCUT2D eigenvalue weighted by Gasteiger charge is 2.15. The molecule has 0 aliphatic carbocycles. The van der Waals surface area contributed by atoms with Crippen LogP contribution in [0.25, 0.3) is 0 Å². The van der Waals surface area contributed by atoms with Crippen LogP contribution in [0.4, 0.5) is 8.78 Å². The Balaban J connectivity index is 3.47. The third-order valence-electron chi connectivity index (χ3n) is 1.68. The molecule has 0 fully saturated rings. The van der Waals surface area contributed by atoms with E-state index in [1.54, 1.807) is 11.8 Å². The lowest BCUT2D eigenvalue weighted by molar-refractivity contribution is 0.101. The van der Waals surface area contributed by atoms with Gasteiger partial charge in [0.25, 0.3) is 6.43 Å². The molecule has 0 aliphatic rings. The third kappa shape index (κ3) is 5.77. The van der Waals surface area contributed by atoms with Gasteiger partial charge in [0, 0.05) is 6.04 Å². The van der Waals surface area contributed by atoms with E-state index in [0.717, 1.165) is 12.2 Å². The summed E-state index contributed by atoms with van der Waals surface area (Å²) < 4.78 is 24.1. The summed E-state index contributed by atoms with van der Waals surface area (Å²) in [6.45, 7) is 3.45. The van der Waals surface area contributed by atoms with Crippen molar-refractivity contribution in [1.82, 2.24) is 5.32 Å². The van der Waals surface area contributed by atoms with Gasteiger partial charge in [0.15, 0.2) is 0 Å². The van der Waals surface area contributed by atoms with Gasteiger partial charge in [0.05, 0.1) is 6.04 Å². The lowest BCUT2D eigenvalue weighted by atomic mass is 10.2. The number of hydrogen-bond donors (Lipinski definition) is 1. The first-order chi connectivity index (χ1) is 5.57. The molecule has 1 N–H and O–H groups in total. The summed E-state index contributed by atoms with van der Waals surface area (Å²) in [5.74, 6) is 1.02. The normalized spacial score (nSPS) is 16.5. The molecule has 0 radical (unpaired) electrons. The molecule has 0 spiro atoms. The molecule has 1 nitrogen and oxygen atoms in total. The summed E-state index contributed by atoms with van der Waals surface area (Å²) >= 11 is 1.74. The Labute approximate surface area is 77.3 Å². The van der Waals surface area contributed by atoms with Crippen molar-refractivity contribution in [1.29, 1.82) is 0 Å². The highest BCUT2D eigenvalue weighted by atomic mass is 32.2. The first-order valence-electron chi connectivity index (χ1n) is 4.11. The fraction of sp³-hybridized carbons (Fsp3) is 1.00. The van der Waals surface area contributed by atoms with Crippen LogP contribution in [0.1, 0.15) is 20.3 Å². The maximum atomic E-state index is 12.0. The van der Waals surface area contributed by atoms with E-state index < -0.39 is 12.5 Å². The summed E-state index contributed by atoms with van der Waals surface area (Å²) in [4.78, 5) is 0. The average molecular weight is 197 g/mol. The van der Waals surface area contributed by atoms with Gasteiger partial charge in [-0.25, -0.2) is 8.78 Å². The zero-order chi connectivity index (χ0) is 9.56. The smallest absolute Gasteiger partial charge is 0.253 e.